The van der Waals surface area contributed by atoms with Gasteiger partial charge in [0.25, 0.3) is 0 Å². The molecule has 0 saturated heterocycles. The molecule has 1 atom stereocenters. The molecule has 144 valence electrons. The SMILES string of the molecule is CCCC(NOCC)=C1C(=O)CC(C(CC)SCCSCC)CC1=O. The number of ketones is 2. The number of hydrogen-bond donors (Lipinski definition) is 1. The lowest BCUT2D eigenvalue weighted by atomic mass is 9.80. The monoisotopic (exact) mass is 387 g/mol. The molecule has 0 spiro atoms. The largest absolute Gasteiger partial charge is 0.294 e. The van der Waals surface area contributed by atoms with Crippen LogP contribution in [0.5, 0.6) is 0 Å². The molecule has 0 aromatic carbocycles. The summed E-state index contributed by atoms with van der Waals surface area (Å²) >= 11 is 3.87. The van der Waals surface area contributed by atoms with Crippen LogP contribution in [0.4, 0.5) is 0 Å². The molecule has 1 N–H and O–H groups in total. The third-order valence-corrected chi connectivity index (χ3v) is 7.03. The standard InChI is InChI=1S/C19H33NO3S2/c1-5-9-15(20-23-7-3)19-16(21)12-14(13-17(19)22)18(6-2)25-11-10-24-8-4/h14,18,20H,5-13H2,1-4H3. The Morgan fingerprint density at radius 2 is 1.84 bits per heavy atom. The first-order valence-corrected chi connectivity index (χ1v) is 11.7. The number of nitrogens with one attached hydrogen (secondary N) is 1. The summed E-state index contributed by atoms with van der Waals surface area (Å²) in [6.45, 7) is 8.73. The third kappa shape index (κ3) is 7.35. The van der Waals surface area contributed by atoms with Crippen molar-refractivity contribution in [3.05, 3.63) is 11.3 Å². The Labute approximate surface area is 161 Å². The van der Waals surface area contributed by atoms with Crippen LogP contribution in [-0.2, 0) is 14.4 Å². The minimum atomic E-state index is -0.0149. The van der Waals surface area contributed by atoms with Gasteiger partial charge in [-0.05, 0) is 31.4 Å². The maximum Gasteiger partial charge on any atom is 0.168 e. The fourth-order valence-electron chi connectivity index (χ4n) is 3.13. The highest BCUT2D eigenvalue weighted by atomic mass is 32.2. The Balaban J connectivity index is 2.78. The average molecular weight is 388 g/mol. The number of Topliss-reactive ketones (excluding diaryl/α,β-unsaturated/α-hetero) is 2. The van der Waals surface area contributed by atoms with E-state index in [2.05, 4.69) is 19.3 Å². The predicted molar refractivity (Wildman–Crippen MR) is 109 cm³/mol. The van der Waals surface area contributed by atoms with E-state index in [1.165, 1.54) is 0 Å². The zero-order valence-electron chi connectivity index (χ0n) is 16.1. The van der Waals surface area contributed by atoms with E-state index in [9.17, 15) is 9.59 Å². The molecule has 0 aromatic rings. The molecule has 25 heavy (non-hydrogen) atoms. The van der Waals surface area contributed by atoms with Gasteiger partial charge in [0.2, 0.25) is 0 Å². The minimum Gasteiger partial charge on any atom is -0.294 e. The molecule has 1 rings (SSSR count). The van der Waals surface area contributed by atoms with Crippen LogP contribution < -0.4 is 5.48 Å². The summed E-state index contributed by atoms with van der Waals surface area (Å²) in [6.07, 6.45) is 3.50. The average Bonchev–Trinajstić information content (AvgIpc) is 2.59. The fourth-order valence-corrected chi connectivity index (χ4v) is 5.28. The zero-order valence-corrected chi connectivity index (χ0v) is 17.7. The predicted octanol–water partition coefficient (Wildman–Crippen LogP) is 4.39. The number of carbonyl (C=O) groups is 2. The van der Waals surface area contributed by atoms with Crippen molar-refractivity contribution in [3.8, 4) is 0 Å². The van der Waals surface area contributed by atoms with Crippen LogP contribution in [0.15, 0.2) is 11.3 Å². The minimum absolute atomic E-state index is 0.0149. The van der Waals surface area contributed by atoms with Crippen LogP contribution in [0.2, 0.25) is 0 Å². The number of allylic oxidation sites excluding steroid dienone is 2. The van der Waals surface area contributed by atoms with Gasteiger partial charge >= 0.3 is 0 Å². The molecular formula is C19H33NO3S2. The van der Waals surface area contributed by atoms with Crippen molar-refractivity contribution in [3.63, 3.8) is 0 Å². The summed E-state index contributed by atoms with van der Waals surface area (Å²) in [7, 11) is 0. The molecule has 1 aliphatic rings. The fraction of sp³-hybridized carbons (Fsp3) is 0.789. The van der Waals surface area contributed by atoms with Crippen LogP contribution >= 0.6 is 23.5 Å². The van der Waals surface area contributed by atoms with Crippen LogP contribution in [0.25, 0.3) is 0 Å². The molecule has 6 heteroatoms. The van der Waals surface area contributed by atoms with E-state index in [4.69, 9.17) is 4.84 Å². The molecule has 1 unspecified atom stereocenters. The third-order valence-electron chi connectivity index (χ3n) is 4.29. The van der Waals surface area contributed by atoms with Gasteiger partial charge in [0.1, 0.15) is 0 Å². The lowest BCUT2D eigenvalue weighted by Crippen LogP contribution is -2.34. The smallest absolute Gasteiger partial charge is 0.168 e. The summed E-state index contributed by atoms with van der Waals surface area (Å²) in [5.41, 5.74) is 3.86. The summed E-state index contributed by atoms with van der Waals surface area (Å²) in [5.74, 6) is 3.50. The Hall–Kier alpha value is -0.460. The molecule has 0 aromatic heterocycles. The number of hydroxylamine groups is 1. The highest BCUT2D eigenvalue weighted by molar-refractivity contribution is 8.03. The van der Waals surface area contributed by atoms with Crippen molar-refractivity contribution in [2.24, 2.45) is 5.92 Å². The van der Waals surface area contributed by atoms with Gasteiger partial charge in [-0.2, -0.15) is 23.5 Å². The van der Waals surface area contributed by atoms with Gasteiger partial charge in [0.15, 0.2) is 11.6 Å². The molecule has 1 fully saturated rings. The summed E-state index contributed by atoms with van der Waals surface area (Å²) in [6, 6.07) is 0. The van der Waals surface area contributed by atoms with E-state index < -0.39 is 0 Å². The van der Waals surface area contributed by atoms with Crippen LogP contribution in [0, 0.1) is 5.92 Å². The molecule has 1 aliphatic carbocycles. The Bertz CT molecular complexity index is 446. The van der Waals surface area contributed by atoms with Crippen LogP contribution in [-0.4, -0.2) is 40.7 Å². The van der Waals surface area contributed by atoms with Gasteiger partial charge in [-0.25, -0.2) is 0 Å². The number of hydrogen-bond acceptors (Lipinski definition) is 6. The van der Waals surface area contributed by atoms with E-state index in [0.717, 1.165) is 30.1 Å². The lowest BCUT2D eigenvalue weighted by Gasteiger charge is -2.30. The van der Waals surface area contributed by atoms with Crippen molar-refractivity contribution < 1.29 is 14.4 Å². The highest BCUT2D eigenvalue weighted by Crippen LogP contribution is 2.35. The quantitative estimate of drug-likeness (QED) is 0.232. The van der Waals surface area contributed by atoms with E-state index in [-0.39, 0.29) is 17.5 Å². The number of carbonyl (C=O) groups excluding carboxylic acids is 2. The van der Waals surface area contributed by atoms with Crippen LogP contribution in [0.3, 0.4) is 0 Å². The van der Waals surface area contributed by atoms with Crippen molar-refractivity contribution in [2.45, 2.75) is 65.0 Å². The van der Waals surface area contributed by atoms with Crippen molar-refractivity contribution in [1.82, 2.24) is 5.48 Å². The Morgan fingerprint density at radius 3 is 2.36 bits per heavy atom. The van der Waals surface area contributed by atoms with Gasteiger partial charge in [0.05, 0.1) is 17.9 Å². The number of thioether (sulfide) groups is 2. The second kappa shape index (κ2) is 12.8. The Kier molecular flexibility index (Phi) is 11.6. The van der Waals surface area contributed by atoms with E-state index >= 15 is 0 Å². The Morgan fingerprint density at radius 1 is 1.16 bits per heavy atom. The van der Waals surface area contributed by atoms with Gasteiger partial charge in [-0.3, -0.25) is 19.9 Å². The molecule has 0 aliphatic heterocycles. The summed E-state index contributed by atoms with van der Waals surface area (Å²) < 4.78 is 0. The maximum absolute atomic E-state index is 12.7. The molecule has 0 bridgehead atoms. The van der Waals surface area contributed by atoms with Crippen molar-refractivity contribution in [1.29, 1.82) is 0 Å². The van der Waals surface area contributed by atoms with Gasteiger partial charge in [-0.15, -0.1) is 0 Å². The first-order valence-electron chi connectivity index (χ1n) is 9.45. The zero-order chi connectivity index (χ0) is 18.7. The lowest BCUT2D eigenvalue weighted by molar-refractivity contribution is -0.125. The molecule has 1 saturated carbocycles. The summed E-state index contributed by atoms with van der Waals surface area (Å²) in [4.78, 5) is 30.7. The van der Waals surface area contributed by atoms with E-state index in [0.29, 0.717) is 42.4 Å². The second-order valence-corrected chi connectivity index (χ2v) is 8.91. The first-order chi connectivity index (χ1) is 12.1. The topological polar surface area (TPSA) is 55.4 Å². The molecule has 0 heterocycles. The maximum atomic E-state index is 12.7. The van der Waals surface area contributed by atoms with E-state index in [1.807, 2.05) is 37.4 Å². The molecule has 4 nitrogen and oxygen atoms in total. The second-order valence-electron chi connectivity index (χ2n) is 6.17. The van der Waals surface area contributed by atoms with Crippen molar-refractivity contribution >= 4 is 35.1 Å². The molecular weight excluding hydrogens is 354 g/mol. The molecule has 0 radical (unpaired) electrons. The van der Waals surface area contributed by atoms with Gasteiger partial charge in [-0.1, -0.05) is 27.2 Å². The first kappa shape index (κ1) is 22.6. The van der Waals surface area contributed by atoms with Crippen LogP contribution in [0.1, 0.15) is 59.8 Å². The molecule has 0 amide bonds. The van der Waals surface area contributed by atoms with E-state index in [1.54, 1.807) is 0 Å². The summed E-state index contributed by atoms with van der Waals surface area (Å²) in [5, 5.41) is 0.390. The van der Waals surface area contributed by atoms with Gasteiger partial charge < -0.3 is 0 Å². The number of rotatable bonds is 12. The van der Waals surface area contributed by atoms with Gasteiger partial charge in [0, 0.05) is 29.6 Å². The van der Waals surface area contributed by atoms with Crippen molar-refractivity contribution in [2.75, 3.05) is 23.9 Å². The normalized spacial score (nSPS) is 19.2. The highest BCUT2D eigenvalue weighted by Gasteiger charge is 2.36.